The summed E-state index contributed by atoms with van der Waals surface area (Å²) in [6.07, 6.45) is 1.93. The first-order chi connectivity index (χ1) is 3.29. The van der Waals surface area contributed by atoms with Crippen LogP contribution in [0.1, 0.15) is 0 Å². The second-order valence-electron chi connectivity index (χ2n) is 1.31. The summed E-state index contributed by atoms with van der Waals surface area (Å²) in [5.74, 6) is -0.229. The lowest BCUT2D eigenvalue weighted by atomic mass is 10.5. The zero-order valence-electron chi connectivity index (χ0n) is 3.59. The van der Waals surface area contributed by atoms with Crippen molar-refractivity contribution < 1.29 is 9.90 Å². The molecule has 1 rings (SSSR count). The summed E-state index contributed by atoms with van der Waals surface area (Å²) in [5.41, 5.74) is 0. The highest BCUT2D eigenvalue weighted by atomic mass is 16.3. The van der Waals surface area contributed by atoms with Crippen LogP contribution in [-0.2, 0) is 4.79 Å². The van der Waals surface area contributed by atoms with E-state index in [0.717, 1.165) is 0 Å². The molecule has 0 bridgehead atoms. The molecule has 0 aromatic heterocycles. The van der Waals surface area contributed by atoms with Crippen molar-refractivity contribution in [2.24, 2.45) is 0 Å². The Hall–Kier alpha value is -0.830. The van der Waals surface area contributed by atoms with Crippen molar-refractivity contribution in [1.82, 2.24) is 5.32 Å². The van der Waals surface area contributed by atoms with E-state index < -0.39 is 6.23 Å². The number of hydrogen-bond acceptors (Lipinski definition) is 2. The molecule has 0 fully saturated rings. The van der Waals surface area contributed by atoms with Crippen molar-refractivity contribution in [2.75, 3.05) is 0 Å². The third kappa shape index (κ3) is 0.778. The molecule has 0 radical (unpaired) electrons. The van der Waals surface area contributed by atoms with Crippen LogP contribution >= 0.6 is 0 Å². The lowest BCUT2D eigenvalue weighted by Crippen LogP contribution is -2.25. The number of rotatable bonds is 0. The van der Waals surface area contributed by atoms with E-state index in [-0.39, 0.29) is 5.91 Å². The van der Waals surface area contributed by atoms with Crippen LogP contribution < -0.4 is 5.32 Å². The van der Waals surface area contributed by atoms with E-state index in [1.807, 2.05) is 0 Å². The fourth-order valence-corrected chi connectivity index (χ4v) is 0.421. The predicted octanol–water partition coefficient (Wildman–Crippen LogP) is -1.01. The van der Waals surface area contributed by atoms with E-state index in [1.54, 1.807) is 0 Å². The second kappa shape index (κ2) is 1.35. The van der Waals surface area contributed by atoms with Gasteiger partial charge in [-0.05, 0) is 6.08 Å². The fraction of sp³-hybridized carbons (Fsp3) is 0.250. The Balaban J connectivity index is 2.58. The zero-order chi connectivity index (χ0) is 5.28. The largest absolute Gasteiger partial charge is 0.370 e. The molecule has 1 aliphatic rings. The molecule has 0 aromatic rings. The van der Waals surface area contributed by atoms with E-state index in [9.17, 15) is 4.79 Å². The molecule has 0 saturated carbocycles. The Morgan fingerprint density at radius 1 is 1.86 bits per heavy atom. The normalized spacial score (nSPS) is 28.1. The van der Waals surface area contributed by atoms with Crippen molar-refractivity contribution in [2.45, 2.75) is 6.23 Å². The molecule has 1 amide bonds. The highest BCUT2D eigenvalue weighted by Crippen LogP contribution is 1.88. The fourth-order valence-electron chi connectivity index (χ4n) is 0.421. The summed E-state index contributed by atoms with van der Waals surface area (Å²) in [4.78, 5) is 10.1. The first-order valence-corrected chi connectivity index (χ1v) is 1.96. The van der Waals surface area contributed by atoms with Crippen LogP contribution in [0.4, 0.5) is 0 Å². The number of nitrogens with one attached hydrogen (secondary N) is 1. The van der Waals surface area contributed by atoms with Gasteiger partial charge in [-0.25, -0.2) is 0 Å². The standard InChI is InChI=1S/C4H5NO2/c6-3-1-2-4(7)5-3/h1-3,6H,(H,5,7)/t3-/m0/s1. The summed E-state index contributed by atoms with van der Waals surface area (Å²) < 4.78 is 0. The van der Waals surface area contributed by atoms with Gasteiger partial charge in [-0.15, -0.1) is 0 Å². The number of aliphatic hydroxyl groups excluding tert-OH is 1. The maximum absolute atomic E-state index is 10.1. The van der Waals surface area contributed by atoms with Gasteiger partial charge in [-0.1, -0.05) is 0 Å². The molecule has 0 saturated heterocycles. The Labute approximate surface area is 40.6 Å². The van der Waals surface area contributed by atoms with Gasteiger partial charge in [0.05, 0.1) is 0 Å². The molecule has 2 N–H and O–H groups in total. The summed E-state index contributed by atoms with van der Waals surface area (Å²) in [7, 11) is 0. The van der Waals surface area contributed by atoms with Crippen LogP contribution in [0.2, 0.25) is 0 Å². The zero-order valence-corrected chi connectivity index (χ0v) is 3.59. The van der Waals surface area contributed by atoms with Gasteiger partial charge in [-0.3, -0.25) is 4.79 Å². The SMILES string of the molecule is O=C1C=C[C@H](O)N1. The molecular weight excluding hydrogens is 94.0 g/mol. The van der Waals surface area contributed by atoms with Crippen LogP contribution in [0.5, 0.6) is 0 Å². The Bertz CT molecular complexity index is 119. The first-order valence-electron chi connectivity index (χ1n) is 1.96. The predicted molar refractivity (Wildman–Crippen MR) is 23.3 cm³/mol. The maximum Gasteiger partial charge on any atom is 0.246 e. The molecule has 1 aliphatic heterocycles. The second-order valence-corrected chi connectivity index (χ2v) is 1.31. The number of aliphatic hydroxyl groups is 1. The molecule has 0 aliphatic carbocycles. The Morgan fingerprint density at radius 2 is 2.57 bits per heavy atom. The van der Waals surface area contributed by atoms with Crippen LogP contribution in [0.15, 0.2) is 12.2 Å². The average Bonchev–Trinajstić information content (AvgIpc) is 1.87. The van der Waals surface area contributed by atoms with Gasteiger partial charge in [0, 0.05) is 6.08 Å². The van der Waals surface area contributed by atoms with Gasteiger partial charge in [0.1, 0.15) is 6.23 Å². The topological polar surface area (TPSA) is 49.3 Å². The first kappa shape index (κ1) is 4.33. The van der Waals surface area contributed by atoms with Gasteiger partial charge in [0.25, 0.3) is 0 Å². The third-order valence-electron chi connectivity index (χ3n) is 0.720. The van der Waals surface area contributed by atoms with Crippen LogP contribution in [0, 0.1) is 0 Å². The minimum absolute atomic E-state index is 0.229. The maximum atomic E-state index is 10.1. The molecule has 0 unspecified atom stereocenters. The van der Waals surface area contributed by atoms with E-state index in [1.165, 1.54) is 12.2 Å². The van der Waals surface area contributed by atoms with E-state index >= 15 is 0 Å². The molecule has 7 heavy (non-hydrogen) atoms. The summed E-state index contributed by atoms with van der Waals surface area (Å²) in [6.45, 7) is 0. The minimum atomic E-state index is -0.757. The van der Waals surface area contributed by atoms with Crippen molar-refractivity contribution in [3.63, 3.8) is 0 Å². The Morgan fingerprint density at radius 3 is 2.71 bits per heavy atom. The molecule has 0 aromatic carbocycles. The third-order valence-corrected chi connectivity index (χ3v) is 0.720. The molecular formula is C4H5NO2. The van der Waals surface area contributed by atoms with Crippen molar-refractivity contribution in [3.8, 4) is 0 Å². The highest BCUT2D eigenvalue weighted by Gasteiger charge is 2.07. The van der Waals surface area contributed by atoms with Gasteiger partial charge in [0.2, 0.25) is 5.91 Å². The minimum Gasteiger partial charge on any atom is -0.370 e. The number of carbonyl (C=O) groups is 1. The lowest BCUT2D eigenvalue weighted by molar-refractivity contribution is -0.117. The van der Waals surface area contributed by atoms with Crippen molar-refractivity contribution in [3.05, 3.63) is 12.2 Å². The number of hydrogen-bond donors (Lipinski definition) is 2. The van der Waals surface area contributed by atoms with Crippen LogP contribution in [0.3, 0.4) is 0 Å². The smallest absolute Gasteiger partial charge is 0.246 e. The lowest BCUT2D eigenvalue weighted by Gasteiger charge is -1.94. The number of carbonyl (C=O) groups excluding carboxylic acids is 1. The molecule has 1 atom stereocenters. The summed E-state index contributed by atoms with van der Waals surface area (Å²) >= 11 is 0. The average molecular weight is 99.1 g/mol. The molecule has 0 spiro atoms. The Kier molecular flexibility index (Phi) is 0.834. The van der Waals surface area contributed by atoms with Crippen LogP contribution in [0.25, 0.3) is 0 Å². The van der Waals surface area contributed by atoms with Gasteiger partial charge < -0.3 is 10.4 Å². The molecule has 3 heteroatoms. The van der Waals surface area contributed by atoms with Crippen molar-refractivity contribution in [1.29, 1.82) is 0 Å². The van der Waals surface area contributed by atoms with Crippen molar-refractivity contribution >= 4 is 5.91 Å². The van der Waals surface area contributed by atoms with E-state index in [2.05, 4.69) is 5.32 Å². The number of amides is 1. The van der Waals surface area contributed by atoms with E-state index in [0.29, 0.717) is 0 Å². The quantitative estimate of drug-likeness (QED) is 0.409. The molecule has 3 nitrogen and oxygen atoms in total. The highest BCUT2D eigenvalue weighted by molar-refractivity contribution is 5.90. The van der Waals surface area contributed by atoms with Gasteiger partial charge in [-0.2, -0.15) is 0 Å². The van der Waals surface area contributed by atoms with Gasteiger partial charge in [0.15, 0.2) is 0 Å². The summed E-state index contributed by atoms with van der Waals surface area (Å²) in [6, 6.07) is 0. The monoisotopic (exact) mass is 99.0 g/mol. The molecule has 1 heterocycles. The van der Waals surface area contributed by atoms with Gasteiger partial charge >= 0.3 is 0 Å². The molecule has 38 valence electrons. The van der Waals surface area contributed by atoms with E-state index in [4.69, 9.17) is 5.11 Å². The van der Waals surface area contributed by atoms with Crippen LogP contribution in [-0.4, -0.2) is 17.2 Å². The summed E-state index contributed by atoms with van der Waals surface area (Å²) in [5, 5.41) is 10.7.